The van der Waals surface area contributed by atoms with Crippen LogP contribution < -0.4 is 14.8 Å². The van der Waals surface area contributed by atoms with Crippen molar-refractivity contribution < 1.29 is 9.47 Å². The lowest BCUT2D eigenvalue weighted by Crippen LogP contribution is -2.03. The highest BCUT2D eigenvalue weighted by Crippen LogP contribution is 2.32. The molecule has 1 N–H and O–H groups in total. The first-order valence-electron chi connectivity index (χ1n) is 7.06. The van der Waals surface area contributed by atoms with Crippen LogP contribution in [0.15, 0.2) is 42.7 Å². The predicted molar refractivity (Wildman–Crippen MR) is 91.4 cm³/mol. The highest BCUT2D eigenvalue weighted by atomic mass is 35.5. The summed E-state index contributed by atoms with van der Waals surface area (Å²) >= 11 is 6.00. The minimum absolute atomic E-state index is 0.550. The average molecular weight is 330 g/mol. The van der Waals surface area contributed by atoms with Crippen LogP contribution in [-0.2, 0) is 6.54 Å². The fraction of sp³-hybridized carbons (Fsp3) is 0.176. The van der Waals surface area contributed by atoms with E-state index in [0.717, 1.165) is 22.3 Å². The molecule has 0 fully saturated rings. The summed E-state index contributed by atoms with van der Waals surface area (Å²) in [6.07, 6.45) is 1.54. The van der Waals surface area contributed by atoms with Gasteiger partial charge in [-0.3, -0.25) is 0 Å². The molecule has 5 nitrogen and oxygen atoms in total. The van der Waals surface area contributed by atoms with E-state index in [9.17, 15) is 0 Å². The van der Waals surface area contributed by atoms with E-state index in [2.05, 4.69) is 15.3 Å². The molecule has 3 aromatic rings. The number of nitrogens with one attached hydrogen (secondary N) is 1. The van der Waals surface area contributed by atoms with Crippen LogP contribution in [0.2, 0.25) is 5.02 Å². The molecular formula is C17H16ClN3O2. The van der Waals surface area contributed by atoms with Gasteiger partial charge in [-0.1, -0.05) is 17.7 Å². The van der Waals surface area contributed by atoms with Crippen LogP contribution in [0.4, 0.5) is 5.69 Å². The van der Waals surface area contributed by atoms with E-state index in [-0.39, 0.29) is 0 Å². The van der Waals surface area contributed by atoms with Crippen molar-refractivity contribution in [2.75, 3.05) is 19.5 Å². The Bertz CT molecular complexity index is 839. The Morgan fingerprint density at radius 1 is 1.04 bits per heavy atom. The van der Waals surface area contributed by atoms with Gasteiger partial charge >= 0.3 is 0 Å². The Morgan fingerprint density at radius 2 is 1.83 bits per heavy atom. The van der Waals surface area contributed by atoms with E-state index in [4.69, 9.17) is 21.1 Å². The maximum absolute atomic E-state index is 6.00. The second-order valence-corrected chi connectivity index (χ2v) is 5.35. The Labute approximate surface area is 139 Å². The second kappa shape index (κ2) is 6.71. The maximum atomic E-state index is 6.00. The second-order valence-electron chi connectivity index (χ2n) is 4.91. The van der Waals surface area contributed by atoms with Crippen molar-refractivity contribution in [2.24, 2.45) is 0 Å². The van der Waals surface area contributed by atoms with Crippen molar-refractivity contribution in [3.05, 3.63) is 53.4 Å². The van der Waals surface area contributed by atoms with Gasteiger partial charge < -0.3 is 14.8 Å². The monoisotopic (exact) mass is 329 g/mol. The van der Waals surface area contributed by atoms with Gasteiger partial charge in [0, 0.05) is 22.2 Å². The molecule has 0 radical (unpaired) electrons. The summed E-state index contributed by atoms with van der Waals surface area (Å²) in [7, 11) is 3.21. The first-order valence-corrected chi connectivity index (χ1v) is 7.44. The first kappa shape index (κ1) is 15.4. The number of nitrogens with zero attached hydrogens (tertiary/aromatic N) is 2. The van der Waals surface area contributed by atoms with Gasteiger partial charge in [0.05, 0.1) is 32.0 Å². The zero-order valence-corrected chi connectivity index (χ0v) is 13.6. The van der Waals surface area contributed by atoms with Gasteiger partial charge in [-0.15, -0.1) is 0 Å². The molecule has 118 valence electrons. The summed E-state index contributed by atoms with van der Waals surface area (Å²) in [5.41, 5.74) is 2.61. The van der Waals surface area contributed by atoms with Crippen LogP contribution in [0.5, 0.6) is 11.5 Å². The Morgan fingerprint density at radius 3 is 2.57 bits per heavy atom. The fourth-order valence-electron chi connectivity index (χ4n) is 2.36. The van der Waals surface area contributed by atoms with E-state index in [1.807, 2.05) is 36.4 Å². The number of methoxy groups -OCH3 is 2. The molecule has 0 bridgehead atoms. The molecule has 2 aromatic carbocycles. The highest BCUT2D eigenvalue weighted by Gasteiger charge is 2.10. The van der Waals surface area contributed by atoms with E-state index < -0.39 is 0 Å². The SMILES string of the molecule is COc1cc2ncnc(CNc3cccc(Cl)c3)c2cc1OC. The molecule has 0 aliphatic carbocycles. The molecule has 1 aromatic heterocycles. The number of halogens is 1. The summed E-state index contributed by atoms with van der Waals surface area (Å²) in [6.45, 7) is 0.550. The molecule has 0 spiro atoms. The van der Waals surface area contributed by atoms with Crippen LogP contribution in [0.25, 0.3) is 10.9 Å². The minimum Gasteiger partial charge on any atom is -0.493 e. The smallest absolute Gasteiger partial charge is 0.162 e. The topological polar surface area (TPSA) is 56.3 Å². The number of aromatic nitrogens is 2. The van der Waals surface area contributed by atoms with Gasteiger partial charge in [-0.2, -0.15) is 0 Å². The zero-order valence-electron chi connectivity index (χ0n) is 12.8. The number of ether oxygens (including phenoxy) is 2. The van der Waals surface area contributed by atoms with Crippen molar-refractivity contribution in [1.29, 1.82) is 0 Å². The Hall–Kier alpha value is -2.53. The molecule has 0 unspecified atom stereocenters. The predicted octanol–water partition coefficient (Wildman–Crippen LogP) is 3.91. The average Bonchev–Trinajstić information content (AvgIpc) is 2.58. The van der Waals surface area contributed by atoms with Gasteiger partial charge in [0.15, 0.2) is 11.5 Å². The summed E-state index contributed by atoms with van der Waals surface area (Å²) in [6, 6.07) is 11.3. The van der Waals surface area contributed by atoms with Gasteiger partial charge in [-0.25, -0.2) is 9.97 Å². The number of hydrogen-bond acceptors (Lipinski definition) is 5. The zero-order chi connectivity index (χ0) is 16.2. The van der Waals surface area contributed by atoms with Crippen LogP contribution >= 0.6 is 11.6 Å². The quantitative estimate of drug-likeness (QED) is 0.769. The molecule has 1 heterocycles. The van der Waals surface area contributed by atoms with Crippen LogP contribution in [0.3, 0.4) is 0 Å². The molecule has 23 heavy (non-hydrogen) atoms. The summed E-state index contributed by atoms with van der Waals surface area (Å²) in [5.74, 6) is 1.30. The molecule has 0 saturated heterocycles. The molecule has 0 aliphatic heterocycles. The van der Waals surface area contributed by atoms with Crippen molar-refractivity contribution in [3.8, 4) is 11.5 Å². The Balaban J connectivity index is 1.94. The van der Waals surface area contributed by atoms with Crippen molar-refractivity contribution >= 4 is 28.2 Å². The van der Waals surface area contributed by atoms with Crippen molar-refractivity contribution in [1.82, 2.24) is 9.97 Å². The lowest BCUT2D eigenvalue weighted by atomic mass is 10.1. The van der Waals surface area contributed by atoms with Crippen molar-refractivity contribution in [3.63, 3.8) is 0 Å². The number of hydrogen-bond donors (Lipinski definition) is 1. The lowest BCUT2D eigenvalue weighted by molar-refractivity contribution is 0.355. The van der Waals surface area contributed by atoms with Gasteiger partial charge in [-0.05, 0) is 24.3 Å². The molecule has 0 aliphatic rings. The third kappa shape index (κ3) is 3.29. The van der Waals surface area contributed by atoms with Crippen LogP contribution in [-0.4, -0.2) is 24.2 Å². The minimum atomic E-state index is 0.550. The number of anilines is 1. The molecule has 0 saturated carbocycles. The maximum Gasteiger partial charge on any atom is 0.162 e. The highest BCUT2D eigenvalue weighted by molar-refractivity contribution is 6.30. The number of fused-ring (bicyclic) bond motifs is 1. The molecule has 6 heteroatoms. The number of benzene rings is 2. The standard InChI is InChI=1S/C17H16ClN3O2/c1-22-16-7-13-14(8-17(16)23-2)20-10-21-15(13)9-19-12-5-3-4-11(18)6-12/h3-8,10,19H,9H2,1-2H3. The van der Waals surface area contributed by atoms with E-state index >= 15 is 0 Å². The molecule has 0 atom stereocenters. The van der Waals surface area contributed by atoms with Crippen LogP contribution in [0, 0.1) is 0 Å². The number of rotatable bonds is 5. The molecule has 3 rings (SSSR count). The third-order valence-electron chi connectivity index (χ3n) is 3.51. The summed E-state index contributed by atoms with van der Waals surface area (Å²) < 4.78 is 10.7. The molecule has 0 amide bonds. The third-order valence-corrected chi connectivity index (χ3v) is 3.74. The summed E-state index contributed by atoms with van der Waals surface area (Å²) in [4.78, 5) is 8.67. The van der Waals surface area contributed by atoms with Crippen LogP contribution in [0.1, 0.15) is 5.69 Å². The summed E-state index contributed by atoms with van der Waals surface area (Å²) in [5, 5.41) is 4.92. The van der Waals surface area contributed by atoms with Gasteiger partial charge in [0.2, 0.25) is 0 Å². The van der Waals surface area contributed by atoms with E-state index in [0.29, 0.717) is 23.1 Å². The lowest BCUT2D eigenvalue weighted by Gasteiger charge is -2.12. The largest absolute Gasteiger partial charge is 0.493 e. The first-order chi connectivity index (χ1) is 11.2. The van der Waals surface area contributed by atoms with E-state index in [1.54, 1.807) is 20.5 Å². The Kier molecular flexibility index (Phi) is 4.48. The molecular weight excluding hydrogens is 314 g/mol. The fourth-order valence-corrected chi connectivity index (χ4v) is 2.55. The van der Waals surface area contributed by atoms with E-state index in [1.165, 1.54) is 0 Å². The normalized spacial score (nSPS) is 10.6. The van der Waals surface area contributed by atoms with Crippen molar-refractivity contribution in [2.45, 2.75) is 6.54 Å². The van der Waals surface area contributed by atoms with Gasteiger partial charge in [0.25, 0.3) is 0 Å². The van der Waals surface area contributed by atoms with Gasteiger partial charge in [0.1, 0.15) is 6.33 Å².